The highest BCUT2D eigenvalue weighted by atomic mass is 19.1. The topological polar surface area (TPSA) is 55.4 Å². The first-order valence-electron chi connectivity index (χ1n) is 8.92. The monoisotopic (exact) mass is 377 g/mol. The maximum Gasteiger partial charge on any atom is 0.318 e. The summed E-state index contributed by atoms with van der Waals surface area (Å²) < 4.78 is 19.1. The van der Waals surface area contributed by atoms with Crippen LogP contribution in [0.5, 0.6) is 0 Å². The molecule has 3 rings (SSSR count). The van der Waals surface area contributed by atoms with Gasteiger partial charge in [0.1, 0.15) is 11.7 Å². The summed E-state index contributed by atoms with van der Waals surface area (Å²) in [6.07, 6.45) is -1.08. The average Bonchev–Trinajstić information content (AvgIpc) is 2.71. The van der Waals surface area contributed by atoms with Crippen LogP contribution in [0.2, 0.25) is 0 Å². The minimum atomic E-state index is -1.08. The normalized spacial score (nSPS) is 11.7. The number of rotatable bonds is 6. The highest BCUT2D eigenvalue weighted by molar-refractivity contribution is 5.95. The average molecular weight is 377 g/mol. The molecule has 1 amide bonds. The van der Waals surface area contributed by atoms with Gasteiger partial charge in [0.2, 0.25) is 0 Å². The molecule has 4 nitrogen and oxygen atoms in total. The molecule has 0 aliphatic rings. The van der Waals surface area contributed by atoms with Crippen LogP contribution in [0.1, 0.15) is 24.0 Å². The number of amides is 1. The Balaban J connectivity index is 1.76. The van der Waals surface area contributed by atoms with Crippen molar-refractivity contribution < 1.29 is 18.7 Å². The van der Waals surface area contributed by atoms with Crippen molar-refractivity contribution in [1.29, 1.82) is 0 Å². The minimum Gasteiger partial charge on any atom is -0.452 e. The number of ether oxygens (including phenoxy) is 1. The maximum absolute atomic E-state index is 13.7. The number of para-hydroxylation sites is 1. The molecule has 142 valence electrons. The van der Waals surface area contributed by atoms with E-state index in [4.69, 9.17) is 4.74 Å². The van der Waals surface area contributed by atoms with Gasteiger partial charge in [-0.3, -0.25) is 9.59 Å². The summed E-state index contributed by atoms with van der Waals surface area (Å²) in [5.41, 5.74) is 1.57. The van der Waals surface area contributed by atoms with Crippen LogP contribution in [-0.4, -0.2) is 18.0 Å². The van der Waals surface area contributed by atoms with Gasteiger partial charge >= 0.3 is 5.97 Å². The molecule has 0 saturated heterocycles. The van der Waals surface area contributed by atoms with E-state index in [1.54, 1.807) is 6.07 Å². The van der Waals surface area contributed by atoms with Crippen molar-refractivity contribution in [2.24, 2.45) is 0 Å². The van der Waals surface area contributed by atoms with Gasteiger partial charge < -0.3 is 10.1 Å². The molecule has 3 aromatic carbocycles. The first kappa shape index (κ1) is 19.3. The zero-order valence-electron chi connectivity index (χ0n) is 15.3. The van der Waals surface area contributed by atoms with Gasteiger partial charge in [0.25, 0.3) is 5.91 Å². The molecule has 0 fully saturated rings. The van der Waals surface area contributed by atoms with E-state index >= 15 is 0 Å². The number of anilines is 1. The quantitative estimate of drug-likeness (QED) is 0.642. The Bertz CT molecular complexity index is 905. The van der Waals surface area contributed by atoms with Crippen LogP contribution in [-0.2, 0) is 14.3 Å². The Kier molecular flexibility index (Phi) is 6.17. The van der Waals surface area contributed by atoms with Crippen LogP contribution in [0.4, 0.5) is 10.1 Å². The summed E-state index contributed by atoms with van der Waals surface area (Å²) in [5, 5.41) is 2.44. The van der Waals surface area contributed by atoms with Gasteiger partial charge in [-0.25, -0.2) is 4.39 Å². The molecule has 0 radical (unpaired) electrons. The van der Waals surface area contributed by atoms with Gasteiger partial charge in [-0.15, -0.1) is 0 Å². The van der Waals surface area contributed by atoms with Crippen LogP contribution in [0.15, 0.2) is 84.9 Å². The lowest BCUT2D eigenvalue weighted by Gasteiger charge is -2.20. The van der Waals surface area contributed by atoms with Crippen molar-refractivity contribution in [2.45, 2.75) is 18.9 Å². The van der Waals surface area contributed by atoms with Crippen molar-refractivity contribution in [2.75, 3.05) is 5.32 Å². The Morgan fingerprint density at radius 3 is 1.86 bits per heavy atom. The molecule has 0 saturated carbocycles. The second-order valence-corrected chi connectivity index (χ2v) is 6.30. The van der Waals surface area contributed by atoms with Gasteiger partial charge in [-0.05, 0) is 30.2 Å². The number of halogens is 1. The summed E-state index contributed by atoms with van der Waals surface area (Å²) >= 11 is 0. The van der Waals surface area contributed by atoms with E-state index in [0.29, 0.717) is 0 Å². The number of nitrogens with one attached hydrogen (secondary N) is 1. The number of esters is 1. The minimum absolute atomic E-state index is 0.0399. The Morgan fingerprint density at radius 2 is 1.32 bits per heavy atom. The van der Waals surface area contributed by atoms with Gasteiger partial charge in [-0.1, -0.05) is 72.8 Å². The molecule has 0 aromatic heterocycles. The molecule has 1 N–H and O–H groups in total. The molecular weight excluding hydrogens is 357 g/mol. The summed E-state index contributed by atoms with van der Waals surface area (Å²) in [7, 11) is 0. The van der Waals surface area contributed by atoms with Crippen molar-refractivity contribution in [3.63, 3.8) is 0 Å². The van der Waals surface area contributed by atoms with Crippen molar-refractivity contribution in [1.82, 2.24) is 0 Å². The standard InChI is InChI=1S/C23H20FNO3/c1-16(22(26)25-20-15-9-8-14-19(20)24)28-23(27)21(17-10-4-2-5-11-17)18-12-6-3-7-13-18/h2-16,21H,1H3,(H,25,26)/t16-/m1/s1. The fraction of sp³-hybridized carbons (Fsp3) is 0.130. The lowest BCUT2D eigenvalue weighted by atomic mass is 9.91. The van der Waals surface area contributed by atoms with E-state index in [2.05, 4.69) is 5.32 Å². The Labute approximate surface area is 163 Å². The predicted octanol–water partition coefficient (Wildman–Crippen LogP) is 4.53. The third-order valence-electron chi connectivity index (χ3n) is 4.30. The molecule has 0 bridgehead atoms. The van der Waals surface area contributed by atoms with Crippen molar-refractivity contribution in [3.8, 4) is 0 Å². The molecule has 1 atom stereocenters. The van der Waals surface area contributed by atoms with Crippen LogP contribution in [0.25, 0.3) is 0 Å². The smallest absolute Gasteiger partial charge is 0.318 e. The van der Waals surface area contributed by atoms with Gasteiger partial charge in [0, 0.05) is 0 Å². The summed E-state index contributed by atoms with van der Waals surface area (Å²) in [4.78, 5) is 25.2. The lowest BCUT2D eigenvalue weighted by Crippen LogP contribution is -2.32. The van der Waals surface area contributed by atoms with Crippen molar-refractivity contribution in [3.05, 3.63) is 102 Å². The van der Waals surface area contributed by atoms with Crippen LogP contribution >= 0.6 is 0 Å². The molecule has 28 heavy (non-hydrogen) atoms. The zero-order chi connectivity index (χ0) is 19.9. The summed E-state index contributed by atoms with van der Waals surface area (Å²) in [6.45, 7) is 1.46. The lowest BCUT2D eigenvalue weighted by molar-refractivity contribution is -0.153. The number of carbonyl (C=O) groups is 2. The Morgan fingerprint density at radius 1 is 0.821 bits per heavy atom. The maximum atomic E-state index is 13.7. The molecule has 0 aliphatic carbocycles. The van der Waals surface area contributed by atoms with Crippen LogP contribution in [0.3, 0.4) is 0 Å². The van der Waals surface area contributed by atoms with E-state index < -0.39 is 29.7 Å². The molecule has 0 spiro atoms. The predicted molar refractivity (Wildman–Crippen MR) is 105 cm³/mol. The molecule has 0 heterocycles. The summed E-state index contributed by atoms with van der Waals surface area (Å²) in [5.74, 6) is -2.36. The van der Waals surface area contributed by atoms with Crippen LogP contribution in [0, 0.1) is 5.82 Å². The van der Waals surface area contributed by atoms with Crippen LogP contribution < -0.4 is 5.32 Å². The number of carbonyl (C=O) groups excluding carboxylic acids is 2. The SMILES string of the molecule is C[C@@H](OC(=O)C(c1ccccc1)c1ccccc1)C(=O)Nc1ccccc1F. The molecule has 0 aliphatic heterocycles. The fourth-order valence-corrected chi connectivity index (χ4v) is 2.85. The first-order valence-corrected chi connectivity index (χ1v) is 8.92. The third-order valence-corrected chi connectivity index (χ3v) is 4.30. The van der Waals surface area contributed by atoms with Gasteiger partial charge in [0.05, 0.1) is 5.69 Å². The largest absolute Gasteiger partial charge is 0.452 e. The second kappa shape index (κ2) is 8.95. The first-order chi connectivity index (χ1) is 13.6. The third kappa shape index (κ3) is 4.62. The highest BCUT2D eigenvalue weighted by Crippen LogP contribution is 2.26. The second-order valence-electron chi connectivity index (χ2n) is 6.30. The molecule has 0 unspecified atom stereocenters. The number of hydrogen-bond donors (Lipinski definition) is 1. The molecular formula is C23H20FNO3. The highest BCUT2D eigenvalue weighted by Gasteiger charge is 2.28. The van der Waals surface area contributed by atoms with E-state index in [9.17, 15) is 14.0 Å². The van der Waals surface area contributed by atoms with E-state index in [1.807, 2.05) is 60.7 Å². The number of hydrogen-bond acceptors (Lipinski definition) is 3. The van der Waals surface area contributed by atoms with E-state index in [1.165, 1.54) is 25.1 Å². The van der Waals surface area contributed by atoms with E-state index in [-0.39, 0.29) is 5.69 Å². The fourth-order valence-electron chi connectivity index (χ4n) is 2.85. The summed E-state index contributed by atoms with van der Waals surface area (Å²) in [6, 6.07) is 24.3. The molecule has 5 heteroatoms. The van der Waals surface area contributed by atoms with Crippen molar-refractivity contribution >= 4 is 17.6 Å². The molecule has 3 aromatic rings. The van der Waals surface area contributed by atoms with Gasteiger partial charge in [0.15, 0.2) is 6.10 Å². The van der Waals surface area contributed by atoms with E-state index in [0.717, 1.165) is 11.1 Å². The van der Waals surface area contributed by atoms with Gasteiger partial charge in [-0.2, -0.15) is 0 Å². The Hall–Kier alpha value is -3.47. The zero-order valence-corrected chi connectivity index (χ0v) is 15.3. The number of benzene rings is 3.